The van der Waals surface area contributed by atoms with Gasteiger partial charge in [0.15, 0.2) is 0 Å². The molecule has 3 aromatic carbocycles. The van der Waals surface area contributed by atoms with Gasteiger partial charge in [0.1, 0.15) is 17.9 Å². The van der Waals surface area contributed by atoms with Gasteiger partial charge in [-0.25, -0.2) is 9.97 Å². The number of benzene rings is 3. The molecule has 0 saturated heterocycles. The predicted octanol–water partition coefficient (Wildman–Crippen LogP) is 5.79. The van der Waals surface area contributed by atoms with Gasteiger partial charge in [0.25, 0.3) is 0 Å². The summed E-state index contributed by atoms with van der Waals surface area (Å²) < 4.78 is 6.25. The molecule has 5 rings (SSSR count). The normalized spacial score (nSPS) is 11.0. The van der Waals surface area contributed by atoms with E-state index >= 15 is 0 Å². The molecule has 0 atom stereocenters. The number of fused-ring (bicyclic) bond motifs is 1. The molecule has 5 nitrogen and oxygen atoms in total. The molecule has 3 N–H and O–H groups in total. The van der Waals surface area contributed by atoms with E-state index in [0.717, 1.165) is 52.3 Å². The van der Waals surface area contributed by atoms with Crippen LogP contribution in [0.4, 0.5) is 11.5 Å². The van der Waals surface area contributed by atoms with Crippen molar-refractivity contribution in [1.29, 1.82) is 0 Å². The second-order valence-electron chi connectivity index (χ2n) is 7.36. The molecule has 152 valence electrons. The van der Waals surface area contributed by atoms with Gasteiger partial charge in [0, 0.05) is 23.4 Å². The zero-order valence-corrected chi connectivity index (χ0v) is 17.0. The van der Waals surface area contributed by atoms with E-state index in [1.165, 1.54) is 5.56 Å². The third-order valence-corrected chi connectivity index (χ3v) is 5.27. The van der Waals surface area contributed by atoms with E-state index in [4.69, 9.17) is 10.2 Å². The van der Waals surface area contributed by atoms with E-state index in [1.54, 1.807) is 6.33 Å². The molecule has 0 spiro atoms. The highest BCUT2D eigenvalue weighted by Crippen LogP contribution is 2.42. The van der Waals surface area contributed by atoms with Crippen molar-refractivity contribution in [1.82, 2.24) is 9.97 Å². The summed E-state index contributed by atoms with van der Waals surface area (Å²) in [5.74, 6) is 1.56. The number of rotatable bonds is 6. The van der Waals surface area contributed by atoms with Crippen molar-refractivity contribution in [3.05, 3.63) is 96.8 Å². The van der Waals surface area contributed by atoms with E-state index in [2.05, 4.69) is 27.4 Å². The molecule has 0 amide bonds. The molecule has 2 aromatic heterocycles. The van der Waals surface area contributed by atoms with Crippen LogP contribution < -0.4 is 11.1 Å². The van der Waals surface area contributed by atoms with Gasteiger partial charge >= 0.3 is 0 Å². The quantitative estimate of drug-likeness (QED) is 0.349. The van der Waals surface area contributed by atoms with Crippen molar-refractivity contribution in [3.8, 4) is 22.5 Å². The van der Waals surface area contributed by atoms with Crippen LogP contribution >= 0.6 is 0 Å². The SMILES string of the molecule is Nc1ccc(CCNc2ncnc3oc(-c4ccccc4)c(-c4ccccc4)c23)cc1. The Hall–Kier alpha value is -4.12. The van der Waals surface area contributed by atoms with Gasteiger partial charge in [-0.1, -0.05) is 72.8 Å². The predicted molar refractivity (Wildman–Crippen MR) is 126 cm³/mol. The molecular weight excluding hydrogens is 384 g/mol. The fourth-order valence-electron chi connectivity index (χ4n) is 3.75. The van der Waals surface area contributed by atoms with Crippen LogP contribution in [0.5, 0.6) is 0 Å². The standard InChI is InChI=1S/C26H22N4O/c27-21-13-11-18(12-14-21)15-16-28-25-23-22(19-7-3-1-4-8-19)24(20-9-5-2-6-10-20)31-26(23)30-17-29-25/h1-14,17H,15-16,27H2,(H,28,29,30). The zero-order valence-electron chi connectivity index (χ0n) is 17.0. The van der Waals surface area contributed by atoms with Gasteiger partial charge < -0.3 is 15.5 Å². The molecule has 0 fully saturated rings. The van der Waals surface area contributed by atoms with Crippen LogP contribution in [0.25, 0.3) is 33.6 Å². The van der Waals surface area contributed by atoms with Crippen molar-refractivity contribution in [2.45, 2.75) is 6.42 Å². The minimum atomic E-state index is 0.572. The van der Waals surface area contributed by atoms with Gasteiger partial charge in [-0.2, -0.15) is 0 Å². The Morgan fingerprint density at radius 3 is 2.16 bits per heavy atom. The number of hydrogen-bond donors (Lipinski definition) is 2. The van der Waals surface area contributed by atoms with Gasteiger partial charge in [0.2, 0.25) is 5.71 Å². The minimum absolute atomic E-state index is 0.572. The Labute approximate surface area is 180 Å². The van der Waals surface area contributed by atoms with Crippen LogP contribution in [-0.2, 0) is 6.42 Å². The van der Waals surface area contributed by atoms with Crippen LogP contribution in [0.2, 0.25) is 0 Å². The van der Waals surface area contributed by atoms with E-state index < -0.39 is 0 Å². The van der Waals surface area contributed by atoms with E-state index in [9.17, 15) is 0 Å². The number of aromatic nitrogens is 2. The van der Waals surface area contributed by atoms with Gasteiger partial charge in [-0.05, 0) is 29.7 Å². The zero-order chi connectivity index (χ0) is 21.0. The van der Waals surface area contributed by atoms with Crippen molar-refractivity contribution < 1.29 is 4.42 Å². The third-order valence-electron chi connectivity index (χ3n) is 5.27. The summed E-state index contributed by atoms with van der Waals surface area (Å²) in [6.07, 6.45) is 2.40. The average Bonchev–Trinajstić information content (AvgIpc) is 3.22. The first kappa shape index (κ1) is 18.9. The summed E-state index contributed by atoms with van der Waals surface area (Å²) in [5.41, 5.74) is 11.4. The minimum Gasteiger partial charge on any atom is -0.437 e. The maximum absolute atomic E-state index is 6.25. The van der Waals surface area contributed by atoms with E-state index in [-0.39, 0.29) is 0 Å². The maximum atomic E-state index is 6.25. The summed E-state index contributed by atoms with van der Waals surface area (Å²) in [6, 6.07) is 28.3. The summed E-state index contributed by atoms with van der Waals surface area (Å²) in [7, 11) is 0. The molecule has 2 heterocycles. The van der Waals surface area contributed by atoms with Crippen LogP contribution in [0.3, 0.4) is 0 Å². The van der Waals surface area contributed by atoms with Crippen molar-refractivity contribution in [3.63, 3.8) is 0 Å². The highest BCUT2D eigenvalue weighted by atomic mass is 16.3. The second kappa shape index (κ2) is 8.32. The largest absolute Gasteiger partial charge is 0.437 e. The van der Waals surface area contributed by atoms with Gasteiger partial charge in [-0.3, -0.25) is 0 Å². The summed E-state index contributed by atoms with van der Waals surface area (Å²) in [4.78, 5) is 8.96. The second-order valence-corrected chi connectivity index (χ2v) is 7.36. The fraction of sp³-hybridized carbons (Fsp3) is 0.0769. The van der Waals surface area contributed by atoms with E-state index in [0.29, 0.717) is 5.71 Å². The molecule has 0 saturated carbocycles. The Bertz CT molecular complexity index is 1300. The maximum Gasteiger partial charge on any atom is 0.232 e. The third kappa shape index (κ3) is 3.85. The number of anilines is 2. The molecule has 5 aromatic rings. The topological polar surface area (TPSA) is 77.0 Å². The molecule has 0 aliphatic rings. The van der Waals surface area contributed by atoms with Gasteiger partial charge in [0.05, 0.1) is 5.39 Å². The van der Waals surface area contributed by atoms with Crippen molar-refractivity contribution in [2.24, 2.45) is 0 Å². The van der Waals surface area contributed by atoms with Gasteiger partial charge in [-0.15, -0.1) is 0 Å². The monoisotopic (exact) mass is 406 g/mol. The van der Waals surface area contributed by atoms with Crippen molar-refractivity contribution in [2.75, 3.05) is 17.6 Å². The summed E-state index contributed by atoms with van der Waals surface area (Å²) >= 11 is 0. The lowest BCUT2D eigenvalue weighted by Crippen LogP contribution is -2.07. The molecule has 0 unspecified atom stereocenters. The number of nitrogens with two attached hydrogens (primary N) is 1. The first-order valence-electron chi connectivity index (χ1n) is 10.3. The number of furan rings is 1. The molecule has 0 aliphatic carbocycles. The lowest BCUT2D eigenvalue weighted by atomic mass is 9.99. The van der Waals surface area contributed by atoms with Crippen LogP contribution in [-0.4, -0.2) is 16.5 Å². The summed E-state index contributed by atoms with van der Waals surface area (Å²) in [5, 5.41) is 4.38. The molecular formula is C26H22N4O. The molecule has 31 heavy (non-hydrogen) atoms. The van der Waals surface area contributed by atoms with Crippen LogP contribution in [0.15, 0.2) is 95.7 Å². The molecule has 0 aliphatic heterocycles. The van der Waals surface area contributed by atoms with Crippen molar-refractivity contribution >= 4 is 22.6 Å². The fourth-order valence-corrected chi connectivity index (χ4v) is 3.75. The average molecular weight is 406 g/mol. The Morgan fingerprint density at radius 1 is 0.774 bits per heavy atom. The Balaban J connectivity index is 1.56. The lowest BCUT2D eigenvalue weighted by molar-refractivity contribution is 0.618. The number of nitrogens with zero attached hydrogens (tertiary/aromatic N) is 2. The number of nitrogens with one attached hydrogen (secondary N) is 1. The Kier molecular flexibility index (Phi) is 5.07. The summed E-state index contributed by atoms with van der Waals surface area (Å²) in [6.45, 7) is 0.732. The first-order valence-corrected chi connectivity index (χ1v) is 10.3. The highest BCUT2D eigenvalue weighted by Gasteiger charge is 2.21. The molecule has 0 radical (unpaired) electrons. The van der Waals surface area contributed by atoms with Crippen LogP contribution in [0.1, 0.15) is 5.56 Å². The Morgan fingerprint density at radius 2 is 1.45 bits per heavy atom. The highest BCUT2D eigenvalue weighted by molar-refractivity contribution is 6.05. The lowest BCUT2D eigenvalue weighted by Gasteiger charge is -2.09. The smallest absolute Gasteiger partial charge is 0.232 e. The molecule has 5 heteroatoms. The van der Waals surface area contributed by atoms with Crippen LogP contribution in [0, 0.1) is 0 Å². The number of nitrogen functional groups attached to an aromatic ring is 1. The number of hydrogen-bond acceptors (Lipinski definition) is 5. The van der Waals surface area contributed by atoms with E-state index in [1.807, 2.05) is 72.8 Å². The molecule has 0 bridgehead atoms. The first-order chi connectivity index (χ1) is 15.3.